The Labute approximate surface area is 193 Å². The molecular formula is C23H22F2N6O3. The van der Waals surface area contributed by atoms with Crippen LogP contribution in [0.2, 0.25) is 0 Å². The van der Waals surface area contributed by atoms with E-state index in [9.17, 15) is 18.4 Å². The normalized spacial score (nSPS) is 21.0. The predicted octanol–water partition coefficient (Wildman–Crippen LogP) is 1.92. The van der Waals surface area contributed by atoms with Crippen molar-refractivity contribution < 1.29 is 22.9 Å². The van der Waals surface area contributed by atoms with Crippen LogP contribution in [0.5, 0.6) is 0 Å². The molecule has 1 saturated carbocycles. The third-order valence-electron chi connectivity index (χ3n) is 6.18. The van der Waals surface area contributed by atoms with Crippen molar-refractivity contribution in [3.8, 4) is 11.3 Å². The highest BCUT2D eigenvalue weighted by Crippen LogP contribution is 2.43. The minimum atomic E-state index is -0.824. The van der Waals surface area contributed by atoms with Gasteiger partial charge in [0.1, 0.15) is 11.6 Å². The minimum Gasteiger partial charge on any atom is -0.355 e. The smallest absolute Gasteiger partial charge is 0.273 e. The van der Waals surface area contributed by atoms with E-state index in [-0.39, 0.29) is 22.9 Å². The molecule has 0 radical (unpaired) electrons. The number of halogens is 2. The number of amides is 2. The monoisotopic (exact) mass is 468 g/mol. The maximum absolute atomic E-state index is 14.0. The van der Waals surface area contributed by atoms with Gasteiger partial charge in [-0.3, -0.25) is 9.59 Å². The lowest BCUT2D eigenvalue weighted by molar-refractivity contribution is -0.127. The molecule has 3 heterocycles. The molecule has 0 spiro atoms. The standard InChI is InChI=1S/C23H22F2N6O3/c24-13-2-3-14(16(25)10-13)19-11-18(31-34-19)21(33)29-17-4-9-26-12-15(17)20(32)30-23(5-6-23)22-27-7-1-8-28-22/h1-3,7-8,10-11,15,17,26H,4-6,9,12H2,(H,29,33)(H,30,32)/t15-,17+/m1/s1. The number of piperidine rings is 1. The zero-order valence-corrected chi connectivity index (χ0v) is 18.1. The van der Waals surface area contributed by atoms with Crippen molar-refractivity contribution in [2.45, 2.75) is 30.8 Å². The summed E-state index contributed by atoms with van der Waals surface area (Å²) in [5.74, 6) is -2.22. The Morgan fingerprint density at radius 1 is 1.15 bits per heavy atom. The van der Waals surface area contributed by atoms with Gasteiger partial charge < -0.3 is 20.5 Å². The molecule has 11 heteroatoms. The van der Waals surface area contributed by atoms with Gasteiger partial charge in [0.25, 0.3) is 5.91 Å². The molecule has 3 aromatic rings. The van der Waals surface area contributed by atoms with Gasteiger partial charge in [0.15, 0.2) is 17.3 Å². The van der Waals surface area contributed by atoms with Crippen molar-refractivity contribution in [1.82, 2.24) is 31.1 Å². The number of hydrogen-bond donors (Lipinski definition) is 3. The molecule has 1 saturated heterocycles. The molecule has 2 aliphatic rings. The molecule has 3 N–H and O–H groups in total. The SMILES string of the molecule is O=C(N[C@H]1CCNC[C@H]1C(=O)NC1(c2ncccn2)CC1)c1cc(-c2ccc(F)cc2F)on1. The quantitative estimate of drug-likeness (QED) is 0.505. The minimum absolute atomic E-state index is 0.000732. The van der Waals surface area contributed by atoms with Gasteiger partial charge in [0, 0.05) is 37.1 Å². The highest BCUT2D eigenvalue weighted by molar-refractivity contribution is 5.94. The van der Waals surface area contributed by atoms with Crippen LogP contribution in [0.25, 0.3) is 11.3 Å². The zero-order valence-electron chi connectivity index (χ0n) is 18.1. The molecule has 176 valence electrons. The van der Waals surface area contributed by atoms with Gasteiger partial charge in [-0.2, -0.15) is 0 Å². The largest absolute Gasteiger partial charge is 0.355 e. The van der Waals surface area contributed by atoms with Crippen LogP contribution in [0.1, 0.15) is 35.6 Å². The first kappa shape index (κ1) is 22.1. The van der Waals surface area contributed by atoms with Crippen LogP contribution in [0, 0.1) is 17.6 Å². The van der Waals surface area contributed by atoms with Crippen molar-refractivity contribution in [3.05, 3.63) is 65.9 Å². The summed E-state index contributed by atoms with van der Waals surface area (Å²) in [4.78, 5) is 34.5. The van der Waals surface area contributed by atoms with Crippen LogP contribution in [0.4, 0.5) is 8.78 Å². The molecule has 5 rings (SSSR count). The van der Waals surface area contributed by atoms with Gasteiger partial charge in [-0.1, -0.05) is 5.16 Å². The summed E-state index contributed by atoms with van der Waals surface area (Å²) in [7, 11) is 0. The Bertz CT molecular complexity index is 1210. The second kappa shape index (κ2) is 8.90. The maximum Gasteiger partial charge on any atom is 0.273 e. The van der Waals surface area contributed by atoms with Crippen molar-refractivity contribution >= 4 is 11.8 Å². The van der Waals surface area contributed by atoms with Gasteiger partial charge in [-0.25, -0.2) is 18.7 Å². The highest BCUT2D eigenvalue weighted by Gasteiger charge is 2.50. The fraction of sp³-hybridized carbons (Fsp3) is 0.348. The van der Waals surface area contributed by atoms with Crippen molar-refractivity contribution in [3.63, 3.8) is 0 Å². The van der Waals surface area contributed by atoms with E-state index in [2.05, 4.69) is 31.1 Å². The topological polar surface area (TPSA) is 122 Å². The van der Waals surface area contributed by atoms with E-state index in [4.69, 9.17) is 4.52 Å². The molecule has 0 bridgehead atoms. The van der Waals surface area contributed by atoms with Crippen LogP contribution >= 0.6 is 0 Å². The van der Waals surface area contributed by atoms with Gasteiger partial charge in [0.2, 0.25) is 5.91 Å². The Kier molecular flexibility index (Phi) is 5.78. The number of hydrogen-bond acceptors (Lipinski definition) is 7. The van der Waals surface area contributed by atoms with Gasteiger partial charge in [-0.15, -0.1) is 0 Å². The van der Waals surface area contributed by atoms with Crippen LogP contribution in [0.15, 0.2) is 47.2 Å². The lowest BCUT2D eigenvalue weighted by Gasteiger charge is -2.32. The molecule has 1 aliphatic carbocycles. The fourth-order valence-electron chi connectivity index (χ4n) is 4.15. The van der Waals surface area contributed by atoms with E-state index in [0.29, 0.717) is 25.3 Å². The molecule has 2 amide bonds. The summed E-state index contributed by atoms with van der Waals surface area (Å²) < 4.78 is 32.3. The molecule has 9 nitrogen and oxygen atoms in total. The first-order valence-corrected chi connectivity index (χ1v) is 11.0. The number of rotatable bonds is 6. The lowest BCUT2D eigenvalue weighted by atomic mass is 9.91. The van der Waals surface area contributed by atoms with E-state index in [1.165, 1.54) is 12.1 Å². The number of carbonyl (C=O) groups is 2. The second-order valence-electron chi connectivity index (χ2n) is 8.52. The average Bonchev–Trinajstić information content (AvgIpc) is 3.45. The number of aromatic nitrogens is 3. The predicted molar refractivity (Wildman–Crippen MR) is 115 cm³/mol. The molecule has 1 aromatic carbocycles. The van der Waals surface area contributed by atoms with Crippen molar-refractivity contribution in [1.29, 1.82) is 0 Å². The summed E-state index contributed by atoms with van der Waals surface area (Å²) in [6.07, 6.45) is 5.33. The summed E-state index contributed by atoms with van der Waals surface area (Å²) in [6, 6.07) is 5.59. The van der Waals surface area contributed by atoms with Gasteiger partial charge in [0.05, 0.1) is 17.0 Å². The Hall–Kier alpha value is -3.73. The second-order valence-corrected chi connectivity index (χ2v) is 8.52. The number of nitrogens with zero attached hydrogens (tertiary/aromatic N) is 3. The molecule has 0 unspecified atom stereocenters. The molecule has 2 aromatic heterocycles. The first-order chi connectivity index (χ1) is 16.4. The molecule has 34 heavy (non-hydrogen) atoms. The van der Waals surface area contributed by atoms with Crippen LogP contribution in [0.3, 0.4) is 0 Å². The summed E-state index contributed by atoms with van der Waals surface area (Å²) in [5, 5.41) is 12.8. The van der Waals surface area contributed by atoms with Crippen molar-refractivity contribution in [2.75, 3.05) is 13.1 Å². The summed E-state index contributed by atoms with van der Waals surface area (Å²) in [5.41, 5.74) is -0.636. The summed E-state index contributed by atoms with van der Waals surface area (Å²) in [6.45, 7) is 1.03. The zero-order chi connectivity index (χ0) is 23.7. The van der Waals surface area contributed by atoms with E-state index in [1.807, 2.05) is 0 Å². The Morgan fingerprint density at radius 2 is 1.94 bits per heavy atom. The third-order valence-corrected chi connectivity index (χ3v) is 6.18. The van der Waals surface area contributed by atoms with E-state index in [0.717, 1.165) is 25.0 Å². The molecule has 2 fully saturated rings. The van der Waals surface area contributed by atoms with E-state index < -0.39 is 35.0 Å². The lowest BCUT2D eigenvalue weighted by Crippen LogP contribution is -2.56. The van der Waals surface area contributed by atoms with Gasteiger partial charge in [-0.05, 0) is 44.0 Å². The maximum atomic E-state index is 14.0. The number of carbonyl (C=O) groups excluding carboxylic acids is 2. The van der Waals surface area contributed by atoms with E-state index >= 15 is 0 Å². The molecule has 1 aliphatic heterocycles. The average molecular weight is 468 g/mol. The fourth-order valence-corrected chi connectivity index (χ4v) is 4.15. The van der Waals surface area contributed by atoms with Crippen LogP contribution < -0.4 is 16.0 Å². The number of benzene rings is 1. The molecule has 2 atom stereocenters. The number of nitrogens with one attached hydrogen (secondary N) is 3. The Balaban J connectivity index is 1.27. The van der Waals surface area contributed by atoms with Gasteiger partial charge >= 0.3 is 0 Å². The van der Waals surface area contributed by atoms with Crippen molar-refractivity contribution in [2.24, 2.45) is 5.92 Å². The van der Waals surface area contributed by atoms with Crippen LogP contribution in [-0.2, 0) is 10.3 Å². The summed E-state index contributed by atoms with van der Waals surface area (Å²) >= 11 is 0. The van der Waals surface area contributed by atoms with E-state index in [1.54, 1.807) is 18.5 Å². The third kappa shape index (κ3) is 4.38. The Morgan fingerprint density at radius 3 is 2.68 bits per heavy atom. The highest BCUT2D eigenvalue weighted by atomic mass is 19.1. The van der Waals surface area contributed by atoms with Crippen LogP contribution in [-0.4, -0.2) is 46.1 Å². The first-order valence-electron chi connectivity index (χ1n) is 11.0. The molecular weight excluding hydrogens is 446 g/mol.